The zero-order chi connectivity index (χ0) is 87.3. The number of imidazole rings is 1. The molecule has 14 aromatic heterocycles. The quantitative estimate of drug-likeness (QED) is 0.0621. The fraction of sp³-hybridized carbons (Fsp3) is 0.467. The summed E-state index contributed by atoms with van der Waals surface area (Å²) in [5.41, 5.74) is 17.2. The van der Waals surface area contributed by atoms with Gasteiger partial charge < -0.3 is 24.8 Å². The number of benzene rings is 2. The molecule has 14 fully saturated rings. The van der Waals surface area contributed by atoms with E-state index >= 15 is 0 Å². The van der Waals surface area contributed by atoms with E-state index < -0.39 is 0 Å². The normalized spacial score (nSPS) is 26.8. The molecule has 4 N–H and O–H groups in total. The van der Waals surface area contributed by atoms with Crippen LogP contribution in [0.15, 0.2) is 172 Å². The van der Waals surface area contributed by atoms with Crippen molar-refractivity contribution >= 4 is 72.1 Å². The molecule has 0 aliphatic heterocycles. The number of anilines is 1. The van der Waals surface area contributed by atoms with Gasteiger partial charge in [0.25, 0.3) is 0 Å². The summed E-state index contributed by atoms with van der Waals surface area (Å²) in [6, 6.07) is 27.9. The van der Waals surface area contributed by atoms with E-state index in [9.17, 15) is 0 Å². The highest BCUT2D eigenvalue weighted by atomic mass is 32.1. The summed E-state index contributed by atoms with van der Waals surface area (Å²) in [6.07, 6.45) is 62.5. The van der Waals surface area contributed by atoms with Crippen LogP contribution in [0.1, 0.15) is 208 Å². The Morgan fingerprint density at radius 2 is 0.786 bits per heavy atom. The first-order valence-corrected chi connectivity index (χ1v) is 50.3. The van der Waals surface area contributed by atoms with Gasteiger partial charge >= 0.3 is 0 Å². The zero-order valence-electron chi connectivity index (χ0n) is 75.6. The van der Waals surface area contributed by atoms with Gasteiger partial charge in [-0.2, -0.15) is 0 Å². The van der Waals surface area contributed by atoms with Gasteiger partial charge in [-0.3, -0.25) is 4.57 Å². The van der Waals surface area contributed by atoms with Crippen molar-refractivity contribution in [2.75, 3.05) is 4.90 Å². The molecule has 2 aromatic carbocycles. The summed E-state index contributed by atoms with van der Waals surface area (Å²) < 4.78 is 1.95. The van der Waals surface area contributed by atoms with Gasteiger partial charge in [-0.1, -0.05) is 76.2 Å². The van der Waals surface area contributed by atoms with Crippen molar-refractivity contribution in [3.8, 4) is 61.9 Å². The van der Waals surface area contributed by atoms with Crippen LogP contribution in [-0.2, 0) is 38.5 Å². The lowest BCUT2D eigenvalue weighted by Gasteiger charge is -2.47. The second-order valence-corrected chi connectivity index (χ2v) is 41.9. The number of hydrogen-bond acceptors (Lipinski definition) is 19. The molecule has 0 amide bonds. The molecular formula is C107H117N23S. The molecule has 16 aromatic rings. The third-order valence-electron chi connectivity index (χ3n) is 34.1. The van der Waals surface area contributed by atoms with Gasteiger partial charge in [-0.05, 0) is 302 Å². The minimum Gasteiger partial charge on any atom is -0.351 e. The van der Waals surface area contributed by atoms with E-state index in [0.29, 0.717) is 29.7 Å². The van der Waals surface area contributed by atoms with Gasteiger partial charge in [-0.15, -0.1) is 11.3 Å². The third kappa shape index (κ3) is 16.3. The van der Waals surface area contributed by atoms with Gasteiger partial charge in [0.05, 0.1) is 10.6 Å². The summed E-state index contributed by atoms with van der Waals surface area (Å²) >= 11 is 1.77. The minimum atomic E-state index is 0.437. The molecule has 14 heterocycles. The monoisotopic (exact) mass is 1760 g/mol. The number of nitrogens with one attached hydrogen (secondary N) is 4. The van der Waals surface area contributed by atoms with Crippen molar-refractivity contribution in [3.63, 3.8) is 0 Å². The lowest BCUT2D eigenvalue weighted by Crippen LogP contribution is -2.39. The Hall–Kier alpha value is -11.8. The second-order valence-electron chi connectivity index (χ2n) is 41.0. The number of hydrogen-bond donors (Lipinski definition) is 4. The molecule has 131 heavy (non-hydrogen) atoms. The molecule has 23 nitrogen and oxygen atoms in total. The average Bonchev–Trinajstić information content (AvgIpc) is 1.69. The molecule has 0 spiro atoms. The van der Waals surface area contributed by atoms with Crippen LogP contribution in [0.5, 0.6) is 0 Å². The molecule has 31 rings (SSSR count). The Kier molecular flexibility index (Phi) is 22.0. The molecule has 15 aliphatic carbocycles. The molecule has 8 bridgehead atoms. The Labute approximate surface area is 768 Å². The van der Waals surface area contributed by atoms with Crippen molar-refractivity contribution in [1.29, 1.82) is 0 Å². The van der Waals surface area contributed by atoms with Crippen LogP contribution in [0.2, 0.25) is 0 Å². The molecule has 14 saturated carbocycles. The zero-order valence-corrected chi connectivity index (χ0v) is 76.4. The Morgan fingerprint density at radius 3 is 1.24 bits per heavy atom. The standard InChI is InChI=1S/C30H33N5.C28H27N5S.C26H32N6.C23H25N7/c1-18-19-6-9-21(10-7-19)25(18)13-24-14-28(23-11-8-20-4-2-3-5-22(20)12-23)35-30(34-24)27-16-32-29-26(27)15-31-17-33-29;1-16-17-6-8-18(9-7-17)22(16)10-20-11-25(26-21-5-3-2-4-19(21)14-34-26)33-28(32-20)24-13-30-27-23(24)12-29-15-31-27;1-15-16-2-4-17(5-3-16)21(15)10-18-11-24(32(19-6-7-19)20-8-9-20)31-26(30-18)23-13-28-25-22(23)12-27-14-29-25;1-14-15-2-4-16(5-3-15)18(14)8-17-9-21(30-7-6-24-13-30)29-23(28-17)20-11-26-22-19(20)10-25-12-27-22/h2-5,14-19,21,23,25H,6-13H2,1H3,(H,31,32,33);2-5,11-18,22H,6-10H2,1H3,(H,29,30,31);11-17,19-21H,2-10H2,1H3,(H,27,28,29);6-7,9-16,18H,2-5,8H2,1H3,(H,25,26,27). The van der Waals surface area contributed by atoms with E-state index in [-0.39, 0.29) is 0 Å². The number of rotatable bonds is 18. The summed E-state index contributed by atoms with van der Waals surface area (Å²) in [5.74, 6) is 18.7. The number of aryl methyl sites for hydroxylation is 1. The lowest BCUT2D eigenvalue weighted by molar-refractivity contribution is 0.0338. The van der Waals surface area contributed by atoms with Crippen molar-refractivity contribution in [1.82, 2.24) is 109 Å². The highest BCUT2D eigenvalue weighted by molar-refractivity contribution is 7.15. The summed E-state index contributed by atoms with van der Waals surface area (Å²) in [6.45, 7) is 9.93. The lowest BCUT2D eigenvalue weighted by atomic mass is 9.58. The Balaban J connectivity index is 0.0000000967. The smallest absolute Gasteiger partial charge is 0.164 e. The second kappa shape index (κ2) is 35.1. The maximum absolute atomic E-state index is 5.20. The van der Waals surface area contributed by atoms with Gasteiger partial charge in [0.2, 0.25) is 0 Å². The van der Waals surface area contributed by atoms with Gasteiger partial charge in [0, 0.05) is 170 Å². The largest absolute Gasteiger partial charge is 0.351 e. The number of thiophene rings is 1. The number of aromatic nitrogens is 22. The van der Waals surface area contributed by atoms with Gasteiger partial charge in [0.15, 0.2) is 23.3 Å². The van der Waals surface area contributed by atoms with Crippen molar-refractivity contribution in [2.45, 2.75) is 219 Å². The first-order chi connectivity index (χ1) is 64.5. The molecule has 15 aliphatic rings. The van der Waals surface area contributed by atoms with E-state index in [1.165, 1.54) is 172 Å². The molecular weight excluding hydrogens is 1640 g/mol. The first kappa shape index (κ1) is 82.4. The van der Waals surface area contributed by atoms with E-state index in [2.05, 4.69) is 176 Å². The SMILES string of the molecule is CC1C2CCC(CC2)C1Cc1cc(-c2scc3ccccc23)nc(-c2c[nH]c3ncncc23)n1.CC1C2CCC(CC2)C1Cc1cc(-n2ccnc2)nc(-c2c[nH]c3ncncc23)n1.CC1C2CCC(CC2)C1Cc1cc(C2CCc3ccccc3C2)nc(-c2c[nH]c3ncncc23)n1.CC1C2CCC(CC2)C1Cc1cc(N(C2CC2)C2CC2)nc(-c2c[nH]c3ncncc23)n1. The van der Waals surface area contributed by atoms with E-state index in [0.717, 1.165) is 246 Å². The predicted octanol–water partition coefficient (Wildman–Crippen LogP) is 22.6. The van der Waals surface area contributed by atoms with Crippen molar-refractivity contribution in [2.24, 2.45) is 94.7 Å². The Morgan fingerprint density at radius 1 is 0.382 bits per heavy atom. The van der Waals surface area contributed by atoms with Crippen LogP contribution in [0.4, 0.5) is 5.82 Å². The van der Waals surface area contributed by atoms with Crippen LogP contribution < -0.4 is 4.90 Å². The maximum Gasteiger partial charge on any atom is 0.164 e. The van der Waals surface area contributed by atoms with Gasteiger partial charge in [0.1, 0.15) is 65.9 Å². The molecule has 0 saturated heterocycles. The first-order valence-electron chi connectivity index (χ1n) is 49.4. The summed E-state index contributed by atoms with van der Waals surface area (Å²) in [7, 11) is 0. The summed E-state index contributed by atoms with van der Waals surface area (Å²) in [5, 5.41) is 8.66. The Bertz CT molecular complexity index is 6670. The predicted molar refractivity (Wildman–Crippen MR) is 515 cm³/mol. The third-order valence-corrected chi connectivity index (χ3v) is 35.1. The fourth-order valence-corrected chi connectivity index (χ4v) is 27.4. The van der Waals surface area contributed by atoms with Crippen LogP contribution >= 0.6 is 11.3 Å². The minimum absolute atomic E-state index is 0.437. The maximum atomic E-state index is 5.20. The van der Waals surface area contributed by atoms with Crippen LogP contribution in [0, 0.1) is 94.7 Å². The molecule has 0 radical (unpaired) electrons. The van der Waals surface area contributed by atoms with E-state index in [4.69, 9.17) is 39.9 Å². The number of H-pyrrole nitrogens is 4. The number of fused-ring (bicyclic) bond motifs is 18. The van der Waals surface area contributed by atoms with Crippen LogP contribution in [0.3, 0.4) is 0 Å². The number of aromatic amines is 4. The topological polar surface area (TPSA) is 290 Å². The average molecular weight is 1760 g/mol. The fourth-order valence-electron chi connectivity index (χ4n) is 26.5. The van der Waals surface area contributed by atoms with Crippen LogP contribution in [0.25, 0.3) is 117 Å². The van der Waals surface area contributed by atoms with Crippen molar-refractivity contribution in [3.05, 3.63) is 211 Å². The molecule has 9 unspecified atom stereocenters. The molecule has 666 valence electrons. The summed E-state index contributed by atoms with van der Waals surface area (Å²) in [4.78, 5) is 96.4. The van der Waals surface area contributed by atoms with Crippen LogP contribution in [-0.4, -0.2) is 121 Å². The highest BCUT2D eigenvalue weighted by Gasteiger charge is 2.47. The molecule has 24 heteroatoms. The van der Waals surface area contributed by atoms with Gasteiger partial charge in [-0.25, -0.2) is 84.7 Å². The van der Waals surface area contributed by atoms with Crippen molar-refractivity contribution < 1.29 is 0 Å². The number of nitrogens with zero attached hydrogens (tertiary/aromatic N) is 19. The molecule has 9 atom stereocenters. The van der Waals surface area contributed by atoms with E-state index in [1.807, 2.05) is 60.3 Å². The van der Waals surface area contributed by atoms with E-state index in [1.54, 1.807) is 49.2 Å². The highest BCUT2D eigenvalue weighted by Crippen LogP contribution is 2.55.